The Kier molecular flexibility index (Phi) is 4.39. The van der Waals surface area contributed by atoms with E-state index in [0.29, 0.717) is 11.6 Å². The molecule has 0 amide bonds. The minimum absolute atomic E-state index is 0.130. The van der Waals surface area contributed by atoms with Crippen molar-refractivity contribution in [2.24, 2.45) is 0 Å². The van der Waals surface area contributed by atoms with Gasteiger partial charge in [0.15, 0.2) is 5.78 Å². The summed E-state index contributed by atoms with van der Waals surface area (Å²) in [6.07, 6.45) is -4.87. The molecule has 1 aliphatic carbocycles. The highest BCUT2D eigenvalue weighted by atomic mass is 19.4. The number of aliphatic hydroxyl groups excluding tert-OH is 1. The Labute approximate surface area is 124 Å². The van der Waals surface area contributed by atoms with Crippen LogP contribution in [0.25, 0.3) is 0 Å². The zero-order valence-electron chi connectivity index (χ0n) is 11.3. The Morgan fingerprint density at radius 3 is 2.45 bits per heavy atom. The topological polar surface area (TPSA) is 69.6 Å². The molecule has 0 aliphatic heterocycles. The fourth-order valence-corrected chi connectivity index (χ4v) is 1.96. The molecule has 0 spiro atoms. The van der Waals surface area contributed by atoms with Gasteiger partial charge in [0, 0.05) is 11.3 Å². The number of aliphatic hydroxyl groups is 2. The lowest BCUT2D eigenvalue weighted by molar-refractivity contribution is -0.262. The van der Waals surface area contributed by atoms with Crippen LogP contribution >= 0.6 is 0 Å². The van der Waals surface area contributed by atoms with Gasteiger partial charge in [-0.15, -0.1) is 0 Å². The van der Waals surface area contributed by atoms with Crippen molar-refractivity contribution in [1.29, 1.82) is 0 Å². The molecule has 0 saturated heterocycles. The molecule has 0 saturated carbocycles. The lowest BCUT2D eigenvalue weighted by atomic mass is 9.90. The number of alkyl halides is 3. The zero-order valence-corrected chi connectivity index (χ0v) is 11.3. The number of Topliss-reactive ketones (excluding diaryl/α,β-unsaturated/α-hetero) is 1. The first kappa shape index (κ1) is 16.3. The number of allylic oxidation sites excluding steroid dienone is 1. The number of nitrogens with one attached hydrogen (secondary N) is 1. The third-order valence-electron chi connectivity index (χ3n) is 3.31. The van der Waals surface area contributed by atoms with E-state index in [1.54, 1.807) is 30.3 Å². The van der Waals surface area contributed by atoms with Gasteiger partial charge in [0.1, 0.15) is 6.10 Å². The molecule has 1 aromatic carbocycles. The molecule has 0 radical (unpaired) electrons. The van der Waals surface area contributed by atoms with Crippen molar-refractivity contribution in [2.75, 3.05) is 6.54 Å². The standard InChI is InChI=1S/C15H14F3NO3/c16-15(17,18)14(22)7-6-11(8-13(14)21)19-9-12(20)10-4-2-1-3-5-10/h1-8,13,19,21-22H,9H2. The Morgan fingerprint density at radius 1 is 1.27 bits per heavy atom. The molecular weight excluding hydrogens is 299 g/mol. The van der Waals surface area contributed by atoms with Crippen LogP contribution in [0.2, 0.25) is 0 Å². The Balaban J connectivity index is 2.01. The van der Waals surface area contributed by atoms with Crippen LogP contribution < -0.4 is 5.32 Å². The predicted molar refractivity (Wildman–Crippen MR) is 73.0 cm³/mol. The van der Waals surface area contributed by atoms with Gasteiger partial charge in [-0.25, -0.2) is 0 Å². The van der Waals surface area contributed by atoms with Gasteiger partial charge in [0.05, 0.1) is 6.54 Å². The summed E-state index contributed by atoms with van der Waals surface area (Å²) in [7, 11) is 0. The van der Waals surface area contributed by atoms with Gasteiger partial charge in [-0.05, 0) is 18.2 Å². The van der Waals surface area contributed by atoms with E-state index in [2.05, 4.69) is 5.32 Å². The molecule has 22 heavy (non-hydrogen) atoms. The van der Waals surface area contributed by atoms with E-state index in [1.165, 1.54) is 0 Å². The maximum Gasteiger partial charge on any atom is 0.423 e. The van der Waals surface area contributed by atoms with Crippen LogP contribution in [0, 0.1) is 0 Å². The molecule has 0 heterocycles. The molecule has 0 fully saturated rings. The zero-order chi connectivity index (χ0) is 16.4. The highest BCUT2D eigenvalue weighted by Gasteiger charge is 2.57. The number of hydrogen-bond donors (Lipinski definition) is 3. The van der Waals surface area contributed by atoms with E-state index >= 15 is 0 Å². The third-order valence-corrected chi connectivity index (χ3v) is 3.31. The van der Waals surface area contributed by atoms with E-state index in [9.17, 15) is 28.2 Å². The fourth-order valence-electron chi connectivity index (χ4n) is 1.96. The van der Waals surface area contributed by atoms with Crippen LogP contribution in [-0.2, 0) is 0 Å². The summed E-state index contributed by atoms with van der Waals surface area (Å²) in [5.74, 6) is -0.249. The van der Waals surface area contributed by atoms with E-state index in [-0.39, 0.29) is 18.0 Å². The second-order valence-corrected chi connectivity index (χ2v) is 4.87. The molecule has 0 bridgehead atoms. The fraction of sp³-hybridized carbons (Fsp3) is 0.267. The Hall–Kier alpha value is -2.12. The summed E-state index contributed by atoms with van der Waals surface area (Å²) >= 11 is 0. The van der Waals surface area contributed by atoms with Crippen molar-refractivity contribution in [2.45, 2.75) is 17.9 Å². The number of rotatable bonds is 4. The van der Waals surface area contributed by atoms with Crippen LogP contribution in [0.15, 0.2) is 54.3 Å². The average Bonchev–Trinajstić information content (AvgIpc) is 2.48. The second kappa shape index (κ2) is 5.94. The minimum Gasteiger partial charge on any atom is -0.385 e. The van der Waals surface area contributed by atoms with E-state index in [4.69, 9.17) is 0 Å². The molecular formula is C15H14F3NO3. The smallest absolute Gasteiger partial charge is 0.385 e. The monoisotopic (exact) mass is 313 g/mol. The second-order valence-electron chi connectivity index (χ2n) is 4.87. The molecule has 2 rings (SSSR count). The van der Waals surface area contributed by atoms with Crippen molar-refractivity contribution in [3.63, 3.8) is 0 Å². The third kappa shape index (κ3) is 3.20. The SMILES string of the molecule is O=C(CNC1=CC(O)C(O)(C(F)(F)F)C=C1)c1ccccc1. The van der Waals surface area contributed by atoms with Crippen molar-refractivity contribution >= 4 is 5.78 Å². The maximum atomic E-state index is 12.7. The summed E-state index contributed by atoms with van der Waals surface area (Å²) in [6, 6.07) is 8.38. The van der Waals surface area contributed by atoms with Crippen molar-refractivity contribution < 1.29 is 28.2 Å². The normalized spacial score (nSPS) is 24.8. The molecule has 7 heteroatoms. The van der Waals surface area contributed by atoms with E-state index < -0.39 is 17.9 Å². The summed E-state index contributed by atoms with van der Waals surface area (Å²) in [6.45, 7) is -0.142. The van der Waals surface area contributed by atoms with Gasteiger partial charge in [0.2, 0.25) is 5.60 Å². The summed E-state index contributed by atoms with van der Waals surface area (Å²) in [5, 5.41) is 21.6. The number of carbonyl (C=O) groups excluding carboxylic acids is 1. The van der Waals surface area contributed by atoms with Crippen LogP contribution in [0.1, 0.15) is 10.4 Å². The van der Waals surface area contributed by atoms with Crippen LogP contribution in [-0.4, -0.2) is 40.4 Å². The van der Waals surface area contributed by atoms with Gasteiger partial charge in [-0.1, -0.05) is 30.3 Å². The first-order valence-corrected chi connectivity index (χ1v) is 6.44. The molecule has 1 aliphatic rings. The Morgan fingerprint density at radius 2 is 1.91 bits per heavy atom. The van der Waals surface area contributed by atoms with Crippen molar-refractivity contribution in [3.8, 4) is 0 Å². The first-order valence-electron chi connectivity index (χ1n) is 6.44. The number of carbonyl (C=O) groups is 1. The quantitative estimate of drug-likeness (QED) is 0.738. The van der Waals surface area contributed by atoms with Gasteiger partial charge in [-0.2, -0.15) is 13.2 Å². The molecule has 1 aromatic rings. The largest absolute Gasteiger partial charge is 0.423 e. The molecule has 0 aromatic heterocycles. The van der Waals surface area contributed by atoms with Gasteiger partial charge < -0.3 is 15.5 Å². The highest BCUT2D eigenvalue weighted by molar-refractivity contribution is 5.97. The van der Waals surface area contributed by atoms with Gasteiger partial charge in [-0.3, -0.25) is 4.79 Å². The Bertz CT molecular complexity index is 610. The van der Waals surface area contributed by atoms with Gasteiger partial charge in [0.25, 0.3) is 0 Å². The number of benzene rings is 1. The van der Waals surface area contributed by atoms with Crippen molar-refractivity contribution in [1.82, 2.24) is 5.32 Å². The highest BCUT2D eigenvalue weighted by Crippen LogP contribution is 2.37. The lowest BCUT2D eigenvalue weighted by Crippen LogP contribution is -2.53. The van der Waals surface area contributed by atoms with Crippen LogP contribution in [0.5, 0.6) is 0 Å². The molecule has 118 valence electrons. The number of ketones is 1. The molecule has 3 N–H and O–H groups in total. The lowest BCUT2D eigenvalue weighted by Gasteiger charge is -2.33. The summed E-state index contributed by atoms with van der Waals surface area (Å²) < 4.78 is 38.0. The summed E-state index contributed by atoms with van der Waals surface area (Å²) in [4.78, 5) is 11.8. The van der Waals surface area contributed by atoms with E-state index in [1.807, 2.05) is 0 Å². The minimum atomic E-state index is -5.00. The molecule has 2 unspecified atom stereocenters. The first-order chi connectivity index (χ1) is 10.2. The van der Waals surface area contributed by atoms with Crippen LogP contribution in [0.4, 0.5) is 13.2 Å². The number of halogens is 3. The average molecular weight is 313 g/mol. The molecule has 2 atom stereocenters. The van der Waals surface area contributed by atoms with E-state index in [0.717, 1.165) is 12.2 Å². The predicted octanol–water partition coefficient (Wildman–Crippen LogP) is 1.57. The summed E-state index contributed by atoms with van der Waals surface area (Å²) in [5.41, 5.74) is -2.73. The van der Waals surface area contributed by atoms with Crippen LogP contribution in [0.3, 0.4) is 0 Å². The van der Waals surface area contributed by atoms with Crippen molar-refractivity contribution in [3.05, 3.63) is 59.8 Å². The number of hydrogen-bond acceptors (Lipinski definition) is 4. The van der Waals surface area contributed by atoms with Gasteiger partial charge >= 0.3 is 6.18 Å². The maximum absolute atomic E-state index is 12.7. The molecule has 4 nitrogen and oxygen atoms in total.